The molecule has 2 N–H and O–H groups in total. The van der Waals surface area contributed by atoms with E-state index >= 15 is 0 Å². The maximum Gasteiger partial charge on any atom is 0.255 e. The van der Waals surface area contributed by atoms with Gasteiger partial charge < -0.3 is 10.6 Å². The average molecular weight is 366 g/mol. The molecule has 4 heteroatoms. The topological polar surface area (TPSA) is 41.1 Å². The highest BCUT2D eigenvalue weighted by molar-refractivity contribution is 14.1. The van der Waals surface area contributed by atoms with E-state index in [4.69, 9.17) is 0 Å². The largest absolute Gasteiger partial charge is 0.322 e. The predicted molar refractivity (Wildman–Crippen MR) is 86.3 cm³/mol. The number of carbonyl (C=O) groups is 1. The average Bonchev–Trinajstić information content (AvgIpc) is 2.40. The van der Waals surface area contributed by atoms with Crippen LogP contribution in [-0.2, 0) is 6.54 Å². The molecule has 0 aromatic heterocycles. The molecule has 0 aliphatic carbocycles. The van der Waals surface area contributed by atoms with Crippen LogP contribution in [0.15, 0.2) is 48.5 Å². The zero-order valence-corrected chi connectivity index (χ0v) is 12.8. The summed E-state index contributed by atoms with van der Waals surface area (Å²) in [6.45, 7) is 0.785. The Labute approximate surface area is 126 Å². The predicted octanol–water partition coefficient (Wildman–Crippen LogP) is 3.26. The fraction of sp³-hybridized carbons (Fsp3) is 0.133. The van der Waals surface area contributed by atoms with Crippen molar-refractivity contribution in [2.45, 2.75) is 6.54 Å². The Bertz CT molecular complexity index is 567. The molecule has 0 fully saturated rings. The molecule has 0 spiro atoms. The van der Waals surface area contributed by atoms with Crippen molar-refractivity contribution in [2.75, 3.05) is 12.4 Å². The number of nitrogens with one attached hydrogen (secondary N) is 2. The monoisotopic (exact) mass is 366 g/mol. The van der Waals surface area contributed by atoms with Gasteiger partial charge in [0.1, 0.15) is 0 Å². The van der Waals surface area contributed by atoms with Gasteiger partial charge in [-0.3, -0.25) is 4.79 Å². The molecule has 19 heavy (non-hydrogen) atoms. The standard InChI is InChI=1S/C15H15IN2O/c1-17-10-11-3-2-4-14(9-11)18-15(19)12-5-7-13(16)8-6-12/h2-9,17H,10H2,1H3,(H,18,19). The number of benzene rings is 2. The van der Waals surface area contributed by atoms with Gasteiger partial charge in [-0.25, -0.2) is 0 Å². The first kappa shape index (κ1) is 14.0. The molecule has 0 heterocycles. The van der Waals surface area contributed by atoms with Crippen molar-refractivity contribution in [3.05, 3.63) is 63.2 Å². The Balaban J connectivity index is 2.10. The van der Waals surface area contributed by atoms with Gasteiger partial charge in [-0.2, -0.15) is 0 Å². The van der Waals surface area contributed by atoms with Crippen molar-refractivity contribution in [1.82, 2.24) is 5.32 Å². The van der Waals surface area contributed by atoms with Gasteiger partial charge in [-0.15, -0.1) is 0 Å². The molecule has 98 valence electrons. The third-order valence-corrected chi connectivity index (χ3v) is 3.39. The fourth-order valence-electron chi connectivity index (χ4n) is 1.77. The minimum atomic E-state index is -0.0852. The molecule has 0 aliphatic rings. The molecule has 1 amide bonds. The Morgan fingerprint density at radius 1 is 1.16 bits per heavy atom. The summed E-state index contributed by atoms with van der Waals surface area (Å²) in [5.74, 6) is -0.0852. The van der Waals surface area contributed by atoms with Gasteiger partial charge in [-0.05, 0) is 71.6 Å². The minimum absolute atomic E-state index is 0.0852. The summed E-state index contributed by atoms with van der Waals surface area (Å²) in [5, 5.41) is 6.00. The highest BCUT2D eigenvalue weighted by Crippen LogP contribution is 2.13. The van der Waals surface area contributed by atoms with Crippen LogP contribution in [0.4, 0.5) is 5.69 Å². The number of amides is 1. The van der Waals surface area contributed by atoms with Gasteiger partial charge in [0.05, 0.1) is 0 Å². The first-order valence-corrected chi connectivity index (χ1v) is 7.07. The lowest BCUT2D eigenvalue weighted by molar-refractivity contribution is 0.102. The molecule has 0 bridgehead atoms. The zero-order valence-electron chi connectivity index (χ0n) is 10.6. The van der Waals surface area contributed by atoms with E-state index in [-0.39, 0.29) is 5.91 Å². The Kier molecular flexibility index (Phi) is 4.93. The van der Waals surface area contributed by atoms with Crippen LogP contribution in [0.2, 0.25) is 0 Å². The minimum Gasteiger partial charge on any atom is -0.322 e. The summed E-state index contributed by atoms with van der Waals surface area (Å²) in [6.07, 6.45) is 0. The van der Waals surface area contributed by atoms with E-state index in [1.807, 2.05) is 55.6 Å². The Morgan fingerprint density at radius 2 is 1.89 bits per heavy atom. The van der Waals surface area contributed by atoms with Gasteiger partial charge in [0.2, 0.25) is 0 Å². The van der Waals surface area contributed by atoms with Gasteiger partial charge in [0, 0.05) is 21.4 Å². The number of anilines is 1. The number of hydrogen-bond acceptors (Lipinski definition) is 2. The summed E-state index contributed by atoms with van der Waals surface area (Å²) < 4.78 is 1.12. The molecule has 0 saturated carbocycles. The van der Waals surface area contributed by atoms with Crippen LogP contribution >= 0.6 is 22.6 Å². The molecule has 0 saturated heterocycles. The van der Waals surface area contributed by atoms with Crippen LogP contribution in [0, 0.1) is 3.57 Å². The first-order chi connectivity index (χ1) is 9.19. The summed E-state index contributed by atoms with van der Waals surface area (Å²) in [7, 11) is 1.90. The summed E-state index contributed by atoms with van der Waals surface area (Å²) in [5.41, 5.74) is 2.62. The maximum absolute atomic E-state index is 12.1. The molecule has 3 nitrogen and oxygen atoms in total. The number of halogens is 1. The second-order valence-electron chi connectivity index (χ2n) is 4.19. The zero-order chi connectivity index (χ0) is 13.7. The fourth-order valence-corrected chi connectivity index (χ4v) is 2.13. The maximum atomic E-state index is 12.1. The van der Waals surface area contributed by atoms with Crippen LogP contribution in [0.3, 0.4) is 0 Å². The summed E-state index contributed by atoms with van der Waals surface area (Å²) in [6, 6.07) is 15.3. The molecular weight excluding hydrogens is 351 g/mol. The van der Waals surface area contributed by atoms with Crippen LogP contribution in [0.1, 0.15) is 15.9 Å². The molecule has 0 unspecified atom stereocenters. The quantitative estimate of drug-likeness (QED) is 0.816. The van der Waals surface area contributed by atoms with E-state index in [2.05, 4.69) is 33.2 Å². The lowest BCUT2D eigenvalue weighted by Crippen LogP contribution is -2.12. The summed E-state index contributed by atoms with van der Waals surface area (Å²) in [4.78, 5) is 12.1. The first-order valence-electron chi connectivity index (χ1n) is 5.99. The molecule has 0 atom stereocenters. The van der Waals surface area contributed by atoms with Crippen LogP contribution in [0.5, 0.6) is 0 Å². The number of rotatable bonds is 4. The van der Waals surface area contributed by atoms with Crippen molar-refractivity contribution < 1.29 is 4.79 Å². The van der Waals surface area contributed by atoms with Gasteiger partial charge >= 0.3 is 0 Å². The van der Waals surface area contributed by atoms with Gasteiger partial charge in [0.15, 0.2) is 0 Å². The number of carbonyl (C=O) groups excluding carboxylic acids is 1. The lowest BCUT2D eigenvalue weighted by Gasteiger charge is -2.07. The van der Waals surface area contributed by atoms with Crippen molar-refractivity contribution in [3.8, 4) is 0 Å². The van der Waals surface area contributed by atoms with E-state index in [1.165, 1.54) is 0 Å². The lowest BCUT2D eigenvalue weighted by atomic mass is 10.1. The molecule has 0 aliphatic heterocycles. The number of hydrogen-bond donors (Lipinski definition) is 2. The second-order valence-corrected chi connectivity index (χ2v) is 5.44. The molecule has 0 radical (unpaired) electrons. The van der Waals surface area contributed by atoms with Crippen LogP contribution < -0.4 is 10.6 Å². The highest BCUT2D eigenvalue weighted by atomic mass is 127. The van der Waals surface area contributed by atoms with E-state index in [1.54, 1.807) is 0 Å². The van der Waals surface area contributed by atoms with E-state index < -0.39 is 0 Å². The van der Waals surface area contributed by atoms with Gasteiger partial charge in [0.25, 0.3) is 5.91 Å². The van der Waals surface area contributed by atoms with E-state index in [9.17, 15) is 4.79 Å². The molecular formula is C15H15IN2O. The van der Waals surface area contributed by atoms with Crippen molar-refractivity contribution in [3.63, 3.8) is 0 Å². The SMILES string of the molecule is CNCc1cccc(NC(=O)c2ccc(I)cc2)c1. The highest BCUT2D eigenvalue weighted by Gasteiger charge is 2.05. The normalized spacial score (nSPS) is 10.2. The van der Waals surface area contributed by atoms with Crippen molar-refractivity contribution >= 4 is 34.2 Å². The molecule has 2 aromatic rings. The van der Waals surface area contributed by atoms with Crippen molar-refractivity contribution in [1.29, 1.82) is 0 Å². The van der Waals surface area contributed by atoms with Crippen LogP contribution in [0.25, 0.3) is 0 Å². The second kappa shape index (κ2) is 6.68. The van der Waals surface area contributed by atoms with E-state index in [0.29, 0.717) is 5.56 Å². The summed E-state index contributed by atoms with van der Waals surface area (Å²) >= 11 is 2.22. The molecule has 2 rings (SSSR count). The Morgan fingerprint density at radius 3 is 2.58 bits per heavy atom. The third kappa shape index (κ3) is 4.04. The van der Waals surface area contributed by atoms with Crippen molar-refractivity contribution in [2.24, 2.45) is 0 Å². The molecule has 2 aromatic carbocycles. The smallest absolute Gasteiger partial charge is 0.255 e. The van der Waals surface area contributed by atoms with Gasteiger partial charge in [-0.1, -0.05) is 12.1 Å². The van der Waals surface area contributed by atoms with Crippen LogP contribution in [-0.4, -0.2) is 13.0 Å². The van der Waals surface area contributed by atoms with E-state index in [0.717, 1.165) is 21.4 Å². The Hall–Kier alpha value is -1.40. The third-order valence-electron chi connectivity index (χ3n) is 2.67.